The van der Waals surface area contributed by atoms with Gasteiger partial charge in [0.2, 0.25) is 0 Å². The SMILES string of the molecule is C=C(c1ccccc1)C(/C=C(\N=C(CCCC)c1ccc2c(c1)oc1ccccc12)C(CC)CC(/C=C\CN)=C(/C)c1c(C)c(-n2c3c(c4ccccc42)C=CCC3C)cc2c1-c1ccccc1C2C(C)C1=CC=CC=CC1)CC. The number of hydrogen-bond acceptors (Lipinski definition) is 3. The Morgan fingerprint density at radius 2 is 1.57 bits per heavy atom. The van der Waals surface area contributed by atoms with E-state index in [9.17, 15) is 0 Å². The van der Waals surface area contributed by atoms with Crippen molar-refractivity contribution in [3.8, 4) is 16.8 Å². The molecule has 0 saturated carbocycles. The number of fused-ring (bicyclic) bond motifs is 9. The van der Waals surface area contributed by atoms with Crippen LogP contribution in [-0.4, -0.2) is 16.8 Å². The number of benzene rings is 6. The molecule has 80 heavy (non-hydrogen) atoms. The van der Waals surface area contributed by atoms with Crippen LogP contribution in [-0.2, 0) is 0 Å². The van der Waals surface area contributed by atoms with Crippen molar-refractivity contribution in [2.45, 2.75) is 112 Å². The van der Waals surface area contributed by atoms with Gasteiger partial charge in [0.1, 0.15) is 11.2 Å². The zero-order valence-corrected chi connectivity index (χ0v) is 48.2. The molecule has 4 nitrogen and oxygen atoms in total. The summed E-state index contributed by atoms with van der Waals surface area (Å²) in [7, 11) is 0. The molecule has 6 aromatic carbocycles. The first-order chi connectivity index (χ1) is 39.1. The van der Waals surface area contributed by atoms with Gasteiger partial charge in [0.05, 0.1) is 5.52 Å². The number of allylic oxidation sites excluding steroid dienone is 13. The average Bonchev–Trinajstić information content (AvgIpc) is 4.27. The summed E-state index contributed by atoms with van der Waals surface area (Å²) in [6.45, 7) is 21.8. The Kier molecular flexibility index (Phi) is 16.2. The largest absolute Gasteiger partial charge is 0.456 e. The van der Waals surface area contributed by atoms with E-state index in [2.05, 4.69) is 235 Å². The van der Waals surface area contributed by atoms with Crippen LogP contribution in [0, 0.1) is 24.7 Å². The highest BCUT2D eigenvalue weighted by Crippen LogP contribution is 2.55. The Hall–Kier alpha value is -7.79. The number of nitrogens with two attached hydrogens (primary N) is 1. The third kappa shape index (κ3) is 10.2. The van der Waals surface area contributed by atoms with Crippen molar-refractivity contribution in [3.05, 3.63) is 250 Å². The van der Waals surface area contributed by atoms with Crippen LogP contribution in [0.1, 0.15) is 149 Å². The highest BCUT2D eigenvalue weighted by Gasteiger charge is 2.38. The van der Waals surface area contributed by atoms with Gasteiger partial charge in [0.15, 0.2) is 0 Å². The number of nitrogens with zero attached hydrogens (tertiary/aromatic N) is 2. The molecule has 404 valence electrons. The van der Waals surface area contributed by atoms with Crippen LogP contribution >= 0.6 is 0 Å². The normalized spacial score (nSPS) is 17.6. The fourth-order valence-corrected chi connectivity index (χ4v) is 13.5. The molecule has 11 rings (SSSR count). The van der Waals surface area contributed by atoms with Gasteiger partial charge in [-0.3, -0.25) is 4.99 Å². The maximum atomic E-state index is 6.53. The fourth-order valence-electron chi connectivity index (χ4n) is 13.5. The zero-order chi connectivity index (χ0) is 55.4. The molecule has 2 N–H and O–H groups in total. The molecule has 0 bridgehead atoms. The average molecular weight is 1050 g/mol. The van der Waals surface area contributed by atoms with Gasteiger partial charge in [-0.2, -0.15) is 0 Å². The van der Waals surface area contributed by atoms with E-state index in [1.807, 2.05) is 6.07 Å². The molecular formula is C76H79N3O. The molecule has 2 heterocycles. The van der Waals surface area contributed by atoms with Crippen molar-refractivity contribution in [2.75, 3.05) is 6.54 Å². The van der Waals surface area contributed by atoms with Crippen LogP contribution in [0.15, 0.2) is 215 Å². The van der Waals surface area contributed by atoms with Gasteiger partial charge in [-0.05, 0) is 156 Å². The Labute approximate surface area is 475 Å². The summed E-state index contributed by atoms with van der Waals surface area (Å²) in [5, 5.41) is 3.57. The molecule has 5 atom stereocenters. The van der Waals surface area contributed by atoms with Gasteiger partial charge in [-0.25, -0.2) is 0 Å². The summed E-state index contributed by atoms with van der Waals surface area (Å²) in [6, 6.07) is 46.8. The predicted molar refractivity (Wildman–Crippen MR) is 344 cm³/mol. The first-order valence-electron chi connectivity index (χ1n) is 29.7. The standard InChI is InChI=1S/C76H79N3O/c1-9-12-39-67(59-42-43-62-61-35-23-25-41-71(61)80-72(62)47-59)78-68(46-54(10-2)50(5)56-29-18-15-19-30-56)55(11-3)45-58(33-27-44-77)52(7)73-53(8)70(79-69-40-24-22-34-60(69)65-38-26-28-49(4)76(65)79)48-66-74(51(6)57-31-16-13-14-17-32-57)63-36-20-21-37-64(63)75(66)73/h13-27,29-31,33-38,40-43,46-49,51,54-55,74H,5,9-12,28,32,39,44-45,77H2,1-4,6-8H3/b33-27-,58-52-,68-46-,78-67?. The van der Waals surface area contributed by atoms with Crippen LogP contribution in [0.3, 0.4) is 0 Å². The number of aromatic nitrogens is 1. The van der Waals surface area contributed by atoms with Gasteiger partial charge in [0, 0.05) is 74.7 Å². The number of furan rings is 1. The van der Waals surface area contributed by atoms with Crippen LogP contribution < -0.4 is 5.73 Å². The molecular weight excluding hydrogens is 971 g/mol. The zero-order valence-electron chi connectivity index (χ0n) is 48.2. The van der Waals surface area contributed by atoms with Gasteiger partial charge in [0.25, 0.3) is 0 Å². The monoisotopic (exact) mass is 1050 g/mol. The molecule has 4 heteroatoms. The minimum absolute atomic E-state index is 0.0690. The second-order valence-corrected chi connectivity index (χ2v) is 22.7. The molecule has 0 aliphatic heterocycles. The fraction of sp³-hybridized carbons (Fsp3) is 0.276. The van der Waals surface area contributed by atoms with Crippen LogP contribution in [0.25, 0.3) is 66.9 Å². The summed E-state index contributed by atoms with van der Waals surface area (Å²) in [5.41, 5.74) is 31.3. The number of aliphatic imine (C=N–C) groups is 1. The number of unbranched alkanes of at least 4 members (excludes halogenated alkanes) is 1. The van der Waals surface area contributed by atoms with E-state index in [1.54, 1.807) is 0 Å². The first-order valence-corrected chi connectivity index (χ1v) is 29.7. The molecule has 8 aromatic rings. The predicted octanol–water partition coefficient (Wildman–Crippen LogP) is 20.6. The molecule has 3 aliphatic carbocycles. The Morgan fingerprint density at radius 1 is 0.812 bits per heavy atom. The van der Waals surface area contributed by atoms with Crippen LogP contribution in [0.4, 0.5) is 0 Å². The van der Waals surface area contributed by atoms with E-state index in [0.29, 0.717) is 12.5 Å². The van der Waals surface area contributed by atoms with Gasteiger partial charge >= 0.3 is 0 Å². The summed E-state index contributed by atoms with van der Waals surface area (Å²) >= 11 is 0. The quantitative estimate of drug-likeness (QED) is 0.0648. The highest BCUT2D eigenvalue weighted by atomic mass is 16.3. The van der Waals surface area contributed by atoms with Gasteiger partial charge in [-0.15, -0.1) is 0 Å². The maximum Gasteiger partial charge on any atom is 0.136 e. The van der Waals surface area contributed by atoms with E-state index in [-0.39, 0.29) is 23.7 Å². The lowest BCUT2D eigenvalue weighted by atomic mass is 9.78. The van der Waals surface area contributed by atoms with E-state index in [0.717, 1.165) is 95.9 Å². The molecule has 0 amide bonds. The summed E-state index contributed by atoms with van der Waals surface area (Å²) in [4.78, 5) is 5.96. The lowest BCUT2D eigenvalue weighted by Gasteiger charge is -2.28. The smallest absolute Gasteiger partial charge is 0.136 e. The van der Waals surface area contributed by atoms with Crippen molar-refractivity contribution >= 4 is 55.8 Å². The Bertz CT molecular complexity index is 3890. The second kappa shape index (κ2) is 23.9. The maximum absolute atomic E-state index is 6.53. The van der Waals surface area contributed by atoms with E-state index >= 15 is 0 Å². The van der Waals surface area contributed by atoms with Crippen molar-refractivity contribution in [1.29, 1.82) is 0 Å². The molecule has 0 radical (unpaired) electrons. The summed E-state index contributed by atoms with van der Waals surface area (Å²) in [6.07, 6.45) is 30.5. The topological polar surface area (TPSA) is 56.4 Å². The molecule has 5 unspecified atom stereocenters. The third-order valence-electron chi connectivity index (χ3n) is 17.9. The van der Waals surface area contributed by atoms with E-state index < -0.39 is 0 Å². The Balaban J connectivity index is 1.14. The Morgan fingerprint density at radius 3 is 2.38 bits per heavy atom. The van der Waals surface area contributed by atoms with Gasteiger partial charge < -0.3 is 14.7 Å². The highest BCUT2D eigenvalue weighted by molar-refractivity contribution is 6.09. The minimum atomic E-state index is 0.0690. The number of para-hydroxylation sites is 2. The minimum Gasteiger partial charge on any atom is -0.456 e. The van der Waals surface area contributed by atoms with Crippen molar-refractivity contribution < 1.29 is 4.42 Å². The molecule has 3 aliphatic rings. The summed E-state index contributed by atoms with van der Waals surface area (Å²) in [5.74, 6) is 0.916. The lowest BCUT2D eigenvalue weighted by molar-refractivity contribution is 0.576. The lowest BCUT2D eigenvalue weighted by Crippen LogP contribution is -2.14. The van der Waals surface area contributed by atoms with E-state index in [4.69, 9.17) is 21.7 Å². The molecule has 0 spiro atoms. The number of hydrogen-bond donors (Lipinski definition) is 1. The number of rotatable bonds is 19. The first kappa shape index (κ1) is 54.2. The second-order valence-electron chi connectivity index (χ2n) is 22.7. The summed E-state index contributed by atoms with van der Waals surface area (Å²) < 4.78 is 9.18. The van der Waals surface area contributed by atoms with E-state index in [1.165, 1.54) is 83.5 Å². The van der Waals surface area contributed by atoms with Gasteiger partial charge in [-0.1, -0.05) is 211 Å². The van der Waals surface area contributed by atoms with Crippen molar-refractivity contribution in [2.24, 2.45) is 28.5 Å². The molecule has 0 saturated heterocycles. The van der Waals surface area contributed by atoms with Crippen molar-refractivity contribution in [3.63, 3.8) is 0 Å². The van der Waals surface area contributed by atoms with Crippen LogP contribution in [0.5, 0.6) is 0 Å². The third-order valence-corrected chi connectivity index (χ3v) is 17.9. The molecule has 0 fully saturated rings. The van der Waals surface area contributed by atoms with Crippen LogP contribution in [0.2, 0.25) is 0 Å². The molecule has 2 aromatic heterocycles. The van der Waals surface area contributed by atoms with Crippen molar-refractivity contribution in [1.82, 2.24) is 4.57 Å².